The maximum Gasteiger partial charge on any atom is 0.472 e. The van der Waals surface area contributed by atoms with Crippen LogP contribution >= 0.6 is 7.82 Å². The fraction of sp³-hybridized carbons (Fsp3) is 0.583. The average molecular weight is 861 g/mol. The van der Waals surface area contributed by atoms with Gasteiger partial charge in [0.15, 0.2) is 6.10 Å². The zero-order valence-corrected chi connectivity index (χ0v) is 38.3. The zero-order chi connectivity index (χ0) is 44.6. The van der Waals surface area contributed by atoms with Gasteiger partial charge in [0.05, 0.1) is 40.0 Å². The molecule has 0 heterocycles. The maximum atomic E-state index is 12.7. The number of unbranched alkanes of at least 4 members (excludes halogenated alkanes) is 5. The van der Waals surface area contributed by atoms with E-state index >= 15 is 0 Å². The number of phosphoric ester groups is 1. The highest BCUT2D eigenvalue weighted by atomic mass is 31.2. The highest BCUT2D eigenvalue weighted by Gasteiger charge is 2.27. The SMILES string of the molecule is CC/C=C\C[C@H](O)/C=C/C=C\C=C\[C@H](O)C/C=C\C/C=C\CCC(=O)O[C@H](COC(=O)CCCC/C=C\C/C=C\C/C=C\CCCCC)COP(=O)(O)OCC[N+](C)(C)C. The van der Waals surface area contributed by atoms with Gasteiger partial charge in [-0.15, -0.1) is 0 Å². The number of esters is 2. The van der Waals surface area contributed by atoms with E-state index in [1.54, 1.807) is 36.5 Å². The van der Waals surface area contributed by atoms with Gasteiger partial charge in [-0.3, -0.25) is 18.6 Å². The highest BCUT2D eigenvalue weighted by molar-refractivity contribution is 7.47. The number of carbonyl (C=O) groups excluding carboxylic acids is 2. The molecule has 0 aliphatic rings. The van der Waals surface area contributed by atoms with Crippen LogP contribution in [0, 0.1) is 0 Å². The second-order valence-electron chi connectivity index (χ2n) is 15.4. The largest absolute Gasteiger partial charge is 0.472 e. The Hall–Kier alpha value is -3.41. The Kier molecular flexibility index (Phi) is 36.3. The second-order valence-corrected chi connectivity index (χ2v) is 16.8. The summed E-state index contributed by atoms with van der Waals surface area (Å²) in [7, 11) is 1.32. The normalized spacial score (nSPS) is 15.7. The molecule has 0 aromatic carbocycles. The first-order chi connectivity index (χ1) is 28.8. The molecule has 0 rings (SSSR count). The van der Waals surface area contributed by atoms with Crippen molar-refractivity contribution in [2.45, 2.75) is 135 Å². The predicted octanol–water partition coefficient (Wildman–Crippen LogP) is 10.3. The molecule has 11 nitrogen and oxygen atoms in total. The molecule has 3 N–H and O–H groups in total. The predicted molar refractivity (Wildman–Crippen MR) is 245 cm³/mol. The molecule has 0 bridgehead atoms. The van der Waals surface area contributed by atoms with Crippen molar-refractivity contribution < 1.29 is 52.3 Å². The van der Waals surface area contributed by atoms with Gasteiger partial charge in [0.25, 0.3) is 0 Å². The van der Waals surface area contributed by atoms with Crippen molar-refractivity contribution in [2.75, 3.05) is 47.5 Å². The van der Waals surface area contributed by atoms with Crippen molar-refractivity contribution in [1.29, 1.82) is 0 Å². The van der Waals surface area contributed by atoms with E-state index in [0.29, 0.717) is 43.1 Å². The van der Waals surface area contributed by atoms with E-state index in [0.717, 1.165) is 38.5 Å². The van der Waals surface area contributed by atoms with Crippen molar-refractivity contribution in [2.24, 2.45) is 0 Å². The third kappa shape index (κ3) is 41.3. The number of aliphatic hydroxyl groups excluding tert-OH is 2. The number of likely N-dealkylation sites (N-methyl/N-ethyl adjacent to an activating group) is 1. The molecule has 0 aliphatic carbocycles. The number of rotatable bonds is 37. The summed E-state index contributed by atoms with van der Waals surface area (Å²) in [6.07, 6.45) is 45.1. The Morgan fingerprint density at radius 3 is 1.72 bits per heavy atom. The van der Waals surface area contributed by atoms with Crippen molar-refractivity contribution in [1.82, 2.24) is 0 Å². The van der Waals surface area contributed by atoms with Crippen LogP contribution in [-0.2, 0) is 32.7 Å². The number of hydrogen-bond donors (Lipinski definition) is 3. The van der Waals surface area contributed by atoms with E-state index in [1.165, 1.54) is 19.3 Å². The monoisotopic (exact) mass is 861 g/mol. The minimum absolute atomic E-state index is 0.0147. The molecular formula is C48H79NO10P+. The number of aliphatic hydroxyl groups is 2. The number of phosphoric acid groups is 1. The summed E-state index contributed by atoms with van der Waals surface area (Å²) >= 11 is 0. The fourth-order valence-corrected chi connectivity index (χ4v) is 5.72. The molecule has 4 atom stereocenters. The van der Waals surface area contributed by atoms with E-state index in [1.807, 2.05) is 64.5 Å². The second kappa shape index (κ2) is 38.5. The third-order valence-corrected chi connectivity index (χ3v) is 9.45. The molecule has 60 heavy (non-hydrogen) atoms. The molecule has 12 heteroatoms. The van der Waals surface area contributed by atoms with E-state index < -0.39 is 44.7 Å². The van der Waals surface area contributed by atoms with Crippen LogP contribution in [0.15, 0.2) is 109 Å². The molecule has 0 radical (unpaired) electrons. The summed E-state index contributed by atoms with van der Waals surface area (Å²) < 4.78 is 34.1. The van der Waals surface area contributed by atoms with Gasteiger partial charge in [-0.05, 0) is 77.0 Å². The van der Waals surface area contributed by atoms with Gasteiger partial charge in [0, 0.05) is 12.8 Å². The van der Waals surface area contributed by atoms with Crippen LogP contribution < -0.4 is 0 Å². The van der Waals surface area contributed by atoms with E-state index in [2.05, 4.69) is 43.4 Å². The summed E-state index contributed by atoms with van der Waals surface area (Å²) in [6.45, 7) is 3.91. The molecule has 340 valence electrons. The zero-order valence-electron chi connectivity index (χ0n) is 37.4. The summed E-state index contributed by atoms with van der Waals surface area (Å²) in [5.74, 6) is -1.02. The van der Waals surface area contributed by atoms with Crippen LogP contribution in [0.5, 0.6) is 0 Å². The van der Waals surface area contributed by atoms with Crippen LogP contribution in [0.3, 0.4) is 0 Å². The van der Waals surface area contributed by atoms with Gasteiger partial charge in [-0.2, -0.15) is 0 Å². The Bertz CT molecular complexity index is 1420. The van der Waals surface area contributed by atoms with Gasteiger partial charge in [0.2, 0.25) is 0 Å². The summed E-state index contributed by atoms with van der Waals surface area (Å²) in [6, 6.07) is 0. The topological polar surface area (TPSA) is 149 Å². The first-order valence-electron chi connectivity index (χ1n) is 21.8. The van der Waals surface area contributed by atoms with E-state index in [9.17, 15) is 29.3 Å². The minimum atomic E-state index is -4.44. The van der Waals surface area contributed by atoms with E-state index in [4.69, 9.17) is 18.5 Å². The smallest absolute Gasteiger partial charge is 0.462 e. The van der Waals surface area contributed by atoms with Gasteiger partial charge in [0.1, 0.15) is 19.8 Å². The van der Waals surface area contributed by atoms with Gasteiger partial charge in [-0.1, -0.05) is 136 Å². The summed E-state index contributed by atoms with van der Waals surface area (Å²) in [5, 5.41) is 20.0. The van der Waals surface area contributed by atoms with Crippen LogP contribution in [0.1, 0.15) is 117 Å². The van der Waals surface area contributed by atoms with Gasteiger partial charge < -0.3 is 29.1 Å². The van der Waals surface area contributed by atoms with Crippen molar-refractivity contribution in [3.63, 3.8) is 0 Å². The van der Waals surface area contributed by atoms with Gasteiger partial charge >= 0.3 is 19.8 Å². The summed E-state index contributed by atoms with van der Waals surface area (Å²) in [4.78, 5) is 35.3. The van der Waals surface area contributed by atoms with Crippen molar-refractivity contribution >= 4 is 19.8 Å². The van der Waals surface area contributed by atoms with Crippen LogP contribution in [0.2, 0.25) is 0 Å². The van der Waals surface area contributed by atoms with Crippen LogP contribution in [0.25, 0.3) is 0 Å². The molecule has 0 saturated carbocycles. The first kappa shape index (κ1) is 56.6. The molecule has 1 unspecified atom stereocenters. The number of quaternary nitrogens is 1. The summed E-state index contributed by atoms with van der Waals surface area (Å²) in [5.41, 5.74) is 0. The lowest BCUT2D eigenvalue weighted by Gasteiger charge is -2.24. The lowest BCUT2D eigenvalue weighted by molar-refractivity contribution is -0.870. The molecular weight excluding hydrogens is 781 g/mol. The highest BCUT2D eigenvalue weighted by Crippen LogP contribution is 2.43. The van der Waals surface area contributed by atoms with Gasteiger partial charge in [-0.25, -0.2) is 4.57 Å². The minimum Gasteiger partial charge on any atom is -0.462 e. The number of ether oxygens (including phenoxy) is 2. The lowest BCUT2D eigenvalue weighted by atomic mass is 10.1. The molecule has 0 aliphatic heterocycles. The molecule has 0 amide bonds. The Labute approximate surface area is 362 Å². The molecule has 0 spiro atoms. The van der Waals surface area contributed by atoms with Crippen molar-refractivity contribution in [3.05, 3.63) is 109 Å². The van der Waals surface area contributed by atoms with Crippen molar-refractivity contribution in [3.8, 4) is 0 Å². The number of carbonyl (C=O) groups is 2. The number of hydrogen-bond acceptors (Lipinski definition) is 9. The maximum absolute atomic E-state index is 12.7. The first-order valence-corrected chi connectivity index (χ1v) is 23.3. The Morgan fingerprint density at radius 2 is 1.15 bits per heavy atom. The molecule has 0 saturated heterocycles. The quantitative estimate of drug-likeness (QED) is 0.0138. The standard InChI is InChI=1S/C48H78NO10P/c1-6-8-10-11-12-13-14-15-16-17-18-19-20-24-32-38-47(52)56-42-46(43-58-60(54,55)57-41-40-49(3,4)5)59-48(53)39-33-25-22-21-23-29-35-45(51)37-31-27-26-30-36-44(50)34-28-9-7-2/h9,12-13,15-16,18-19,22-23,25-31,36-37,44-46,50-51H,6-8,10-11,14,17,20-21,24,32-35,38-43H2,1-5H3/p+1/b13-12-,16-15-,19-18-,25-22-,27-26-,28-9-,29-23-,36-30+,37-31+/t44-,45+,46+/m0/s1. The Balaban J connectivity index is 4.70. The molecule has 0 aromatic heterocycles. The van der Waals surface area contributed by atoms with Crippen LogP contribution in [0.4, 0.5) is 0 Å². The lowest BCUT2D eigenvalue weighted by Crippen LogP contribution is -2.37. The number of nitrogens with zero attached hydrogens (tertiary/aromatic N) is 1. The average Bonchev–Trinajstić information content (AvgIpc) is 3.19. The molecule has 0 fully saturated rings. The van der Waals surface area contributed by atoms with E-state index in [-0.39, 0.29) is 26.1 Å². The number of allylic oxidation sites excluding steroid dienone is 14. The fourth-order valence-electron chi connectivity index (χ4n) is 4.98. The Morgan fingerprint density at radius 1 is 0.617 bits per heavy atom. The third-order valence-electron chi connectivity index (χ3n) is 8.47. The molecule has 0 aromatic rings. The van der Waals surface area contributed by atoms with Crippen LogP contribution in [-0.4, -0.2) is 97.3 Å².